The van der Waals surface area contributed by atoms with E-state index in [1.54, 1.807) is 11.1 Å². The van der Waals surface area contributed by atoms with Crippen molar-refractivity contribution >= 4 is 0 Å². The molecule has 1 aliphatic carbocycles. The van der Waals surface area contributed by atoms with Gasteiger partial charge in [-0.3, -0.25) is 0 Å². The molecule has 2 rings (SSSR count). The van der Waals surface area contributed by atoms with E-state index < -0.39 is 0 Å². The van der Waals surface area contributed by atoms with Crippen LogP contribution in [0.25, 0.3) is 0 Å². The third-order valence-corrected chi connectivity index (χ3v) is 5.02. The largest absolute Gasteiger partial charge is 0.310 e. The highest BCUT2D eigenvalue weighted by atomic mass is 14.9. The zero-order chi connectivity index (χ0) is 15.1. The monoisotopic (exact) mass is 287 g/mol. The number of unbranched alkanes of at least 4 members (excludes halogenated alkanes) is 1. The van der Waals surface area contributed by atoms with Crippen molar-refractivity contribution in [1.29, 1.82) is 0 Å². The lowest BCUT2D eigenvalue weighted by molar-refractivity contribution is 0.323. The standard InChI is InChI=1S/C20H33N/c1-4-7-9-16(6-3)20(21-14-5-2)19-13-12-17-10-8-11-18(17)15-19/h12-13,15-16,20-21H,4-11,14H2,1-3H3. The quantitative estimate of drug-likeness (QED) is 0.638. The van der Waals surface area contributed by atoms with Gasteiger partial charge in [-0.15, -0.1) is 0 Å². The topological polar surface area (TPSA) is 12.0 Å². The zero-order valence-electron chi connectivity index (χ0n) is 14.3. The van der Waals surface area contributed by atoms with Gasteiger partial charge in [-0.1, -0.05) is 58.2 Å². The van der Waals surface area contributed by atoms with Gasteiger partial charge in [0.15, 0.2) is 0 Å². The van der Waals surface area contributed by atoms with Crippen LogP contribution in [-0.2, 0) is 12.8 Å². The Bertz CT molecular complexity index is 424. The third kappa shape index (κ3) is 4.32. The van der Waals surface area contributed by atoms with Crippen LogP contribution >= 0.6 is 0 Å². The van der Waals surface area contributed by atoms with E-state index in [1.165, 1.54) is 56.9 Å². The molecule has 0 bridgehead atoms. The number of aryl methyl sites for hydroxylation is 2. The lowest BCUT2D eigenvalue weighted by Crippen LogP contribution is -2.29. The molecule has 2 atom stereocenters. The minimum Gasteiger partial charge on any atom is -0.310 e. The molecule has 0 heterocycles. The normalized spacial score (nSPS) is 16.7. The van der Waals surface area contributed by atoms with Crippen molar-refractivity contribution in [2.75, 3.05) is 6.54 Å². The molecule has 0 amide bonds. The molecule has 1 N–H and O–H groups in total. The molecule has 0 radical (unpaired) electrons. The molecule has 2 unspecified atom stereocenters. The Hall–Kier alpha value is -0.820. The fraction of sp³-hybridized carbons (Fsp3) is 0.700. The maximum absolute atomic E-state index is 3.84. The van der Waals surface area contributed by atoms with Crippen LogP contribution in [0.1, 0.15) is 82.0 Å². The second kappa shape index (κ2) is 8.58. The summed E-state index contributed by atoms with van der Waals surface area (Å²) >= 11 is 0. The Labute approximate surface area is 131 Å². The van der Waals surface area contributed by atoms with Crippen LogP contribution in [-0.4, -0.2) is 6.54 Å². The Morgan fingerprint density at radius 3 is 2.57 bits per heavy atom. The number of fused-ring (bicyclic) bond motifs is 1. The number of nitrogens with one attached hydrogen (secondary N) is 1. The summed E-state index contributed by atoms with van der Waals surface area (Å²) in [4.78, 5) is 0. The summed E-state index contributed by atoms with van der Waals surface area (Å²) < 4.78 is 0. The molecule has 0 aromatic heterocycles. The Kier molecular flexibility index (Phi) is 6.76. The first kappa shape index (κ1) is 16.5. The van der Waals surface area contributed by atoms with Crippen LogP contribution < -0.4 is 5.32 Å². The van der Waals surface area contributed by atoms with Crippen molar-refractivity contribution in [2.45, 2.75) is 78.2 Å². The van der Waals surface area contributed by atoms with Crippen LogP contribution in [0.15, 0.2) is 18.2 Å². The van der Waals surface area contributed by atoms with Crippen LogP contribution in [0.5, 0.6) is 0 Å². The highest BCUT2D eigenvalue weighted by molar-refractivity contribution is 5.36. The molecule has 0 aliphatic heterocycles. The molecular weight excluding hydrogens is 254 g/mol. The minimum absolute atomic E-state index is 0.549. The maximum Gasteiger partial charge on any atom is 0.0348 e. The average Bonchev–Trinajstić information content (AvgIpc) is 2.98. The number of rotatable bonds is 9. The summed E-state index contributed by atoms with van der Waals surface area (Å²) in [7, 11) is 0. The van der Waals surface area contributed by atoms with Crippen molar-refractivity contribution in [3.05, 3.63) is 34.9 Å². The summed E-state index contributed by atoms with van der Waals surface area (Å²) in [6.07, 6.45) is 10.4. The van der Waals surface area contributed by atoms with Crippen LogP contribution in [0, 0.1) is 5.92 Å². The summed E-state index contributed by atoms with van der Waals surface area (Å²) in [5, 5.41) is 3.84. The van der Waals surface area contributed by atoms with Crippen molar-refractivity contribution in [3.63, 3.8) is 0 Å². The van der Waals surface area contributed by atoms with Crippen LogP contribution in [0.3, 0.4) is 0 Å². The van der Waals surface area contributed by atoms with Gasteiger partial charge in [-0.25, -0.2) is 0 Å². The molecular formula is C20H33N. The van der Waals surface area contributed by atoms with Crippen molar-refractivity contribution in [3.8, 4) is 0 Å². The second-order valence-corrected chi connectivity index (χ2v) is 6.62. The molecule has 0 saturated heterocycles. The molecule has 1 heteroatoms. The van der Waals surface area contributed by atoms with Gasteiger partial charge >= 0.3 is 0 Å². The predicted octanol–water partition coefficient (Wildman–Crippen LogP) is 5.43. The summed E-state index contributed by atoms with van der Waals surface area (Å²) in [6.45, 7) is 8.05. The summed E-state index contributed by atoms with van der Waals surface area (Å²) in [5.74, 6) is 0.774. The van der Waals surface area contributed by atoms with Gasteiger partial charge in [0.25, 0.3) is 0 Å². The van der Waals surface area contributed by atoms with E-state index >= 15 is 0 Å². The highest BCUT2D eigenvalue weighted by Gasteiger charge is 2.22. The third-order valence-electron chi connectivity index (χ3n) is 5.02. The van der Waals surface area contributed by atoms with E-state index in [4.69, 9.17) is 0 Å². The Morgan fingerprint density at radius 2 is 1.86 bits per heavy atom. The van der Waals surface area contributed by atoms with Crippen LogP contribution in [0.2, 0.25) is 0 Å². The molecule has 1 aromatic rings. The van der Waals surface area contributed by atoms with Gasteiger partial charge in [-0.2, -0.15) is 0 Å². The summed E-state index contributed by atoms with van der Waals surface area (Å²) in [6, 6.07) is 7.84. The zero-order valence-corrected chi connectivity index (χ0v) is 14.3. The first-order valence-electron chi connectivity index (χ1n) is 9.15. The van der Waals surface area contributed by atoms with Gasteiger partial charge in [0, 0.05) is 6.04 Å². The smallest absolute Gasteiger partial charge is 0.0348 e. The van der Waals surface area contributed by atoms with Crippen molar-refractivity contribution in [1.82, 2.24) is 5.32 Å². The average molecular weight is 287 g/mol. The Balaban J connectivity index is 2.17. The number of benzene rings is 1. The lowest BCUT2D eigenvalue weighted by atomic mass is 9.86. The first-order valence-corrected chi connectivity index (χ1v) is 9.15. The van der Waals surface area contributed by atoms with E-state index in [9.17, 15) is 0 Å². The van der Waals surface area contributed by atoms with E-state index in [-0.39, 0.29) is 0 Å². The minimum atomic E-state index is 0.549. The van der Waals surface area contributed by atoms with E-state index in [0.717, 1.165) is 12.5 Å². The summed E-state index contributed by atoms with van der Waals surface area (Å²) in [5.41, 5.74) is 4.74. The van der Waals surface area contributed by atoms with Crippen LogP contribution in [0.4, 0.5) is 0 Å². The van der Waals surface area contributed by atoms with Gasteiger partial charge in [0.2, 0.25) is 0 Å². The van der Waals surface area contributed by atoms with Gasteiger partial charge in [0.1, 0.15) is 0 Å². The molecule has 0 saturated carbocycles. The van der Waals surface area contributed by atoms with E-state index in [1.807, 2.05) is 0 Å². The van der Waals surface area contributed by atoms with Gasteiger partial charge < -0.3 is 5.32 Å². The van der Waals surface area contributed by atoms with Crippen molar-refractivity contribution in [2.24, 2.45) is 5.92 Å². The number of hydrogen-bond donors (Lipinski definition) is 1. The molecule has 0 spiro atoms. The molecule has 1 aliphatic rings. The van der Waals surface area contributed by atoms with E-state index in [0.29, 0.717) is 6.04 Å². The van der Waals surface area contributed by atoms with Gasteiger partial charge in [0.05, 0.1) is 0 Å². The molecule has 0 fully saturated rings. The molecule has 118 valence electrons. The maximum atomic E-state index is 3.84. The SMILES string of the molecule is CCCCC(CC)C(NCCC)c1ccc2c(c1)CCC2. The predicted molar refractivity (Wildman–Crippen MR) is 92.8 cm³/mol. The van der Waals surface area contributed by atoms with Crippen molar-refractivity contribution < 1.29 is 0 Å². The number of hydrogen-bond acceptors (Lipinski definition) is 1. The second-order valence-electron chi connectivity index (χ2n) is 6.62. The fourth-order valence-corrected chi connectivity index (χ4v) is 3.71. The fourth-order valence-electron chi connectivity index (χ4n) is 3.71. The molecule has 1 nitrogen and oxygen atoms in total. The van der Waals surface area contributed by atoms with Gasteiger partial charge in [-0.05, 0) is 61.3 Å². The highest BCUT2D eigenvalue weighted by Crippen LogP contribution is 2.32. The van der Waals surface area contributed by atoms with E-state index in [2.05, 4.69) is 44.3 Å². The molecule has 1 aromatic carbocycles. The lowest BCUT2D eigenvalue weighted by Gasteiger charge is -2.28. The Morgan fingerprint density at radius 1 is 1.05 bits per heavy atom. The molecule has 21 heavy (non-hydrogen) atoms. The first-order chi connectivity index (χ1) is 10.3.